The molecule has 1 spiro atoms. The van der Waals surface area contributed by atoms with Gasteiger partial charge in [0.1, 0.15) is 0 Å². The van der Waals surface area contributed by atoms with Crippen LogP contribution in [0.15, 0.2) is 0 Å². The average molecular weight is 170 g/mol. The lowest BCUT2D eigenvalue weighted by atomic mass is 9.78. The summed E-state index contributed by atoms with van der Waals surface area (Å²) in [5.74, 6) is 0. The molecule has 2 aliphatic rings. The van der Waals surface area contributed by atoms with Crippen LogP contribution in [0.4, 0.5) is 0 Å². The van der Waals surface area contributed by atoms with Gasteiger partial charge >= 0.3 is 0 Å². The van der Waals surface area contributed by atoms with Gasteiger partial charge in [-0.25, -0.2) is 0 Å². The van der Waals surface area contributed by atoms with Crippen LogP contribution < -0.4 is 10.6 Å². The zero-order chi connectivity index (χ0) is 7.73. The van der Waals surface area contributed by atoms with E-state index in [0.29, 0.717) is 5.41 Å². The van der Waals surface area contributed by atoms with Crippen molar-refractivity contribution in [2.75, 3.05) is 19.6 Å². The topological polar surface area (TPSA) is 24.1 Å². The van der Waals surface area contributed by atoms with Crippen LogP contribution in [0.5, 0.6) is 0 Å². The standard InChI is InChI=1S/C8H14N2S/c11-7-8(3-6-10-7)1-4-9-5-2-8/h9H,1-6H2,(H,10,11). The molecule has 0 unspecified atom stereocenters. The van der Waals surface area contributed by atoms with Crippen LogP contribution in [0.2, 0.25) is 0 Å². The summed E-state index contributed by atoms with van der Waals surface area (Å²) in [7, 11) is 0. The molecule has 2 rings (SSSR count). The molecule has 0 aromatic carbocycles. The van der Waals surface area contributed by atoms with Crippen LogP contribution in [0.1, 0.15) is 19.3 Å². The molecule has 2 saturated heterocycles. The Labute approximate surface area is 72.7 Å². The van der Waals surface area contributed by atoms with Gasteiger partial charge in [-0.05, 0) is 32.4 Å². The fourth-order valence-corrected chi connectivity index (χ4v) is 2.51. The second-order valence-electron chi connectivity index (χ2n) is 3.54. The van der Waals surface area contributed by atoms with E-state index in [1.165, 1.54) is 19.3 Å². The van der Waals surface area contributed by atoms with Crippen molar-refractivity contribution in [3.8, 4) is 0 Å². The lowest BCUT2D eigenvalue weighted by molar-refractivity contribution is 0.305. The van der Waals surface area contributed by atoms with Crippen LogP contribution in [0.25, 0.3) is 0 Å². The largest absolute Gasteiger partial charge is 0.379 e. The highest BCUT2D eigenvalue weighted by Gasteiger charge is 2.39. The van der Waals surface area contributed by atoms with Gasteiger partial charge in [0.25, 0.3) is 0 Å². The van der Waals surface area contributed by atoms with E-state index in [4.69, 9.17) is 12.2 Å². The van der Waals surface area contributed by atoms with Crippen molar-refractivity contribution in [1.29, 1.82) is 0 Å². The van der Waals surface area contributed by atoms with Crippen molar-refractivity contribution in [2.24, 2.45) is 5.41 Å². The summed E-state index contributed by atoms with van der Waals surface area (Å²) in [6.45, 7) is 3.38. The zero-order valence-electron chi connectivity index (χ0n) is 6.65. The Morgan fingerprint density at radius 1 is 1.09 bits per heavy atom. The highest BCUT2D eigenvalue weighted by molar-refractivity contribution is 7.80. The van der Waals surface area contributed by atoms with Gasteiger partial charge in [-0.3, -0.25) is 0 Å². The summed E-state index contributed by atoms with van der Waals surface area (Å²) in [5.41, 5.74) is 0.389. The minimum absolute atomic E-state index is 0.389. The highest BCUT2D eigenvalue weighted by Crippen LogP contribution is 2.36. The summed E-state index contributed by atoms with van der Waals surface area (Å²) in [6.07, 6.45) is 3.73. The van der Waals surface area contributed by atoms with Gasteiger partial charge in [0.15, 0.2) is 0 Å². The van der Waals surface area contributed by atoms with Crippen LogP contribution in [0.3, 0.4) is 0 Å². The second kappa shape index (κ2) is 2.72. The number of hydrogen-bond acceptors (Lipinski definition) is 2. The monoisotopic (exact) mass is 170 g/mol. The first-order chi connectivity index (χ1) is 5.33. The number of rotatable bonds is 0. The summed E-state index contributed by atoms with van der Waals surface area (Å²) in [6, 6.07) is 0. The molecule has 0 aromatic rings. The van der Waals surface area contributed by atoms with E-state index in [1.807, 2.05) is 0 Å². The smallest absolute Gasteiger partial charge is 0.0817 e. The number of nitrogens with one attached hydrogen (secondary N) is 2. The SMILES string of the molecule is S=C1NCCC12CCNCC2. The Morgan fingerprint density at radius 3 is 2.27 bits per heavy atom. The minimum atomic E-state index is 0.389. The van der Waals surface area contributed by atoms with E-state index in [-0.39, 0.29) is 0 Å². The van der Waals surface area contributed by atoms with Gasteiger partial charge in [0.2, 0.25) is 0 Å². The van der Waals surface area contributed by atoms with E-state index >= 15 is 0 Å². The van der Waals surface area contributed by atoms with E-state index in [9.17, 15) is 0 Å². The third-order valence-electron chi connectivity index (χ3n) is 2.93. The first kappa shape index (κ1) is 7.50. The van der Waals surface area contributed by atoms with E-state index in [0.717, 1.165) is 24.6 Å². The second-order valence-corrected chi connectivity index (χ2v) is 3.94. The Balaban J connectivity index is 2.12. The molecule has 3 heteroatoms. The Bertz CT molecular complexity index is 173. The molecule has 11 heavy (non-hydrogen) atoms. The Kier molecular flexibility index (Phi) is 1.85. The molecule has 2 fully saturated rings. The fourth-order valence-electron chi connectivity index (χ4n) is 2.10. The number of piperidine rings is 1. The molecule has 2 aliphatic heterocycles. The van der Waals surface area contributed by atoms with Crippen LogP contribution in [-0.4, -0.2) is 24.6 Å². The van der Waals surface area contributed by atoms with Crippen molar-refractivity contribution < 1.29 is 0 Å². The van der Waals surface area contributed by atoms with Gasteiger partial charge in [0.05, 0.1) is 4.99 Å². The molecule has 2 N–H and O–H groups in total. The highest BCUT2D eigenvalue weighted by atomic mass is 32.1. The molecule has 0 atom stereocenters. The maximum atomic E-state index is 5.31. The van der Waals surface area contributed by atoms with Crippen molar-refractivity contribution >= 4 is 17.2 Å². The molecule has 2 nitrogen and oxygen atoms in total. The number of thiocarbonyl (C=S) groups is 1. The first-order valence-electron chi connectivity index (χ1n) is 4.33. The molecule has 0 saturated carbocycles. The van der Waals surface area contributed by atoms with E-state index in [2.05, 4.69) is 10.6 Å². The van der Waals surface area contributed by atoms with Crippen molar-refractivity contribution in [1.82, 2.24) is 10.6 Å². The van der Waals surface area contributed by atoms with Gasteiger partial charge < -0.3 is 10.6 Å². The van der Waals surface area contributed by atoms with Crippen molar-refractivity contribution in [2.45, 2.75) is 19.3 Å². The predicted molar refractivity (Wildman–Crippen MR) is 49.8 cm³/mol. The third-order valence-corrected chi connectivity index (χ3v) is 3.51. The maximum absolute atomic E-state index is 5.31. The molecule has 2 heterocycles. The summed E-state index contributed by atoms with van der Waals surface area (Å²) < 4.78 is 0. The van der Waals surface area contributed by atoms with Crippen LogP contribution >= 0.6 is 12.2 Å². The molecule has 0 amide bonds. The molecule has 0 aromatic heterocycles. The van der Waals surface area contributed by atoms with Gasteiger partial charge in [-0.2, -0.15) is 0 Å². The molecule has 0 radical (unpaired) electrons. The molecule has 0 aliphatic carbocycles. The van der Waals surface area contributed by atoms with Crippen molar-refractivity contribution in [3.05, 3.63) is 0 Å². The fraction of sp³-hybridized carbons (Fsp3) is 0.875. The van der Waals surface area contributed by atoms with Crippen LogP contribution in [-0.2, 0) is 0 Å². The molecule has 62 valence electrons. The van der Waals surface area contributed by atoms with Gasteiger partial charge in [-0.1, -0.05) is 12.2 Å². The predicted octanol–water partition coefficient (Wildman–Crippen LogP) is 0.677. The normalized spacial score (nSPS) is 28.9. The summed E-state index contributed by atoms with van der Waals surface area (Å²) >= 11 is 5.31. The zero-order valence-corrected chi connectivity index (χ0v) is 7.47. The van der Waals surface area contributed by atoms with Crippen LogP contribution in [0, 0.1) is 5.41 Å². The maximum Gasteiger partial charge on any atom is 0.0817 e. The first-order valence-corrected chi connectivity index (χ1v) is 4.73. The van der Waals surface area contributed by atoms with Gasteiger partial charge in [0, 0.05) is 12.0 Å². The third kappa shape index (κ3) is 1.16. The molecular formula is C8H14N2S. The summed E-state index contributed by atoms with van der Waals surface area (Å²) in [4.78, 5) is 1.12. The number of hydrogen-bond donors (Lipinski definition) is 2. The van der Waals surface area contributed by atoms with Gasteiger partial charge in [-0.15, -0.1) is 0 Å². The van der Waals surface area contributed by atoms with E-state index < -0.39 is 0 Å². The molecule has 0 bridgehead atoms. The lowest BCUT2D eigenvalue weighted by Gasteiger charge is -2.32. The quantitative estimate of drug-likeness (QED) is 0.523. The van der Waals surface area contributed by atoms with E-state index in [1.54, 1.807) is 0 Å². The lowest BCUT2D eigenvalue weighted by Crippen LogP contribution is -2.40. The summed E-state index contributed by atoms with van der Waals surface area (Å²) in [5, 5.41) is 6.65. The Hall–Kier alpha value is -0.150. The van der Waals surface area contributed by atoms with Crippen molar-refractivity contribution in [3.63, 3.8) is 0 Å². The molecular weight excluding hydrogens is 156 g/mol. The minimum Gasteiger partial charge on any atom is -0.379 e. The average Bonchev–Trinajstić information content (AvgIpc) is 2.36. The Morgan fingerprint density at radius 2 is 1.73 bits per heavy atom.